The number of carbonyl (C=O) groups is 1. The first-order valence-corrected chi connectivity index (χ1v) is 8.99. The SMILES string of the molecule is COc1ccc(NC(=O)c2ccc(-c3nc4ccccc4s3)o2)cc1OC. The number of fused-ring (bicyclic) bond motifs is 1. The minimum atomic E-state index is -0.352. The van der Waals surface area contributed by atoms with E-state index in [0.717, 1.165) is 15.2 Å². The lowest BCUT2D eigenvalue weighted by Crippen LogP contribution is -2.10. The Bertz CT molecular complexity index is 1080. The molecule has 0 atom stereocenters. The number of methoxy groups -OCH3 is 2. The third kappa shape index (κ3) is 3.37. The van der Waals surface area contributed by atoms with Crippen molar-refractivity contribution in [2.45, 2.75) is 0 Å². The fourth-order valence-electron chi connectivity index (χ4n) is 2.66. The van der Waals surface area contributed by atoms with Gasteiger partial charge in [0.1, 0.15) is 0 Å². The number of rotatable bonds is 5. The highest BCUT2D eigenvalue weighted by Gasteiger charge is 2.16. The monoisotopic (exact) mass is 380 g/mol. The number of carbonyl (C=O) groups excluding carboxylic acids is 1. The van der Waals surface area contributed by atoms with Crippen LogP contribution in [0.15, 0.2) is 59.0 Å². The molecule has 7 heteroatoms. The van der Waals surface area contributed by atoms with Crippen LogP contribution in [-0.4, -0.2) is 25.1 Å². The maximum atomic E-state index is 12.5. The Morgan fingerprint density at radius 3 is 2.63 bits per heavy atom. The van der Waals surface area contributed by atoms with Gasteiger partial charge in [-0.3, -0.25) is 4.79 Å². The molecule has 0 aliphatic rings. The summed E-state index contributed by atoms with van der Waals surface area (Å²) in [4.78, 5) is 17.0. The summed E-state index contributed by atoms with van der Waals surface area (Å²) in [6, 6.07) is 16.4. The normalized spacial score (nSPS) is 10.7. The van der Waals surface area contributed by atoms with Crippen LogP contribution in [-0.2, 0) is 0 Å². The Kier molecular flexibility index (Phi) is 4.52. The number of nitrogens with zero attached hydrogens (tertiary/aromatic N) is 1. The topological polar surface area (TPSA) is 73.6 Å². The van der Waals surface area contributed by atoms with Crippen molar-refractivity contribution in [3.8, 4) is 22.3 Å². The van der Waals surface area contributed by atoms with Gasteiger partial charge in [-0.05, 0) is 36.4 Å². The van der Waals surface area contributed by atoms with Crippen molar-refractivity contribution in [1.82, 2.24) is 4.98 Å². The molecule has 4 aromatic rings. The van der Waals surface area contributed by atoms with E-state index in [4.69, 9.17) is 13.9 Å². The molecule has 0 aliphatic carbocycles. The van der Waals surface area contributed by atoms with E-state index in [0.29, 0.717) is 22.9 Å². The Labute approximate surface area is 159 Å². The van der Waals surface area contributed by atoms with E-state index in [1.807, 2.05) is 24.3 Å². The molecular weight excluding hydrogens is 364 g/mol. The van der Waals surface area contributed by atoms with Gasteiger partial charge in [-0.15, -0.1) is 11.3 Å². The van der Waals surface area contributed by atoms with Crippen LogP contribution in [0.1, 0.15) is 10.6 Å². The molecule has 0 bridgehead atoms. The van der Waals surface area contributed by atoms with Crippen molar-refractivity contribution in [1.29, 1.82) is 0 Å². The first-order valence-electron chi connectivity index (χ1n) is 8.17. The van der Waals surface area contributed by atoms with Crippen molar-refractivity contribution >= 4 is 33.1 Å². The molecule has 1 amide bonds. The van der Waals surface area contributed by atoms with Crippen LogP contribution in [0.25, 0.3) is 21.0 Å². The third-order valence-corrected chi connectivity index (χ3v) is 5.03. The van der Waals surface area contributed by atoms with Gasteiger partial charge in [-0.1, -0.05) is 12.1 Å². The van der Waals surface area contributed by atoms with E-state index < -0.39 is 0 Å². The van der Waals surface area contributed by atoms with Crippen LogP contribution >= 0.6 is 11.3 Å². The van der Waals surface area contributed by atoms with Gasteiger partial charge in [0.2, 0.25) is 0 Å². The van der Waals surface area contributed by atoms with Gasteiger partial charge in [0, 0.05) is 11.8 Å². The summed E-state index contributed by atoms with van der Waals surface area (Å²) < 4.78 is 17.2. The zero-order valence-electron chi connectivity index (χ0n) is 14.7. The standard InChI is InChI=1S/C20H16N2O4S/c1-24-14-8-7-12(11-17(14)25-2)21-19(23)15-9-10-16(26-15)20-22-13-5-3-4-6-18(13)27-20/h3-11H,1-2H3,(H,21,23). The molecular formula is C20H16N2O4S. The molecule has 136 valence electrons. The van der Waals surface area contributed by atoms with Gasteiger partial charge in [-0.25, -0.2) is 4.98 Å². The van der Waals surface area contributed by atoms with E-state index in [-0.39, 0.29) is 11.7 Å². The lowest BCUT2D eigenvalue weighted by molar-refractivity contribution is 0.0997. The fourth-order valence-corrected chi connectivity index (χ4v) is 3.59. The quantitative estimate of drug-likeness (QED) is 0.537. The first kappa shape index (κ1) is 17.1. The van der Waals surface area contributed by atoms with Gasteiger partial charge >= 0.3 is 0 Å². The average Bonchev–Trinajstić information content (AvgIpc) is 3.34. The van der Waals surface area contributed by atoms with Crippen LogP contribution in [0.2, 0.25) is 0 Å². The summed E-state index contributed by atoms with van der Waals surface area (Å²) in [5.41, 5.74) is 1.49. The van der Waals surface area contributed by atoms with Gasteiger partial charge in [0.05, 0.1) is 24.4 Å². The van der Waals surface area contributed by atoms with Crippen LogP contribution < -0.4 is 14.8 Å². The fraction of sp³-hybridized carbons (Fsp3) is 0.100. The molecule has 4 rings (SSSR count). The van der Waals surface area contributed by atoms with Gasteiger partial charge in [0.25, 0.3) is 5.91 Å². The number of hydrogen-bond donors (Lipinski definition) is 1. The highest BCUT2D eigenvalue weighted by Crippen LogP contribution is 2.32. The molecule has 0 saturated carbocycles. The summed E-state index contributed by atoms with van der Waals surface area (Å²) in [7, 11) is 3.10. The lowest BCUT2D eigenvalue weighted by atomic mass is 10.2. The number of amides is 1. The average molecular weight is 380 g/mol. The second kappa shape index (κ2) is 7.13. The molecule has 1 N–H and O–H groups in total. The number of ether oxygens (including phenoxy) is 2. The van der Waals surface area contributed by atoms with E-state index in [9.17, 15) is 4.79 Å². The predicted octanol–water partition coefficient (Wildman–Crippen LogP) is 4.83. The molecule has 2 aromatic carbocycles. The predicted molar refractivity (Wildman–Crippen MR) is 105 cm³/mol. The van der Waals surface area contributed by atoms with Gasteiger partial charge < -0.3 is 19.2 Å². The zero-order valence-corrected chi connectivity index (χ0v) is 15.5. The number of thiazole rings is 1. The van der Waals surface area contributed by atoms with Crippen LogP contribution in [0.3, 0.4) is 0 Å². The minimum Gasteiger partial charge on any atom is -0.493 e. The Morgan fingerprint density at radius 2 is 1.85 bits per heavy atom. The molecule has 2 aromatic heterocycles. The highest BCUT2D eigenvalue weighted by atomic mass is 32.1. The molecule has 0 radical (unpaired) electrons. The molecule has 0 saturated heterocycles. The molecule has 2 heterocycles. The minimum absolute atomic E-state index is 0.207. The summed E-state index contributed by atoms with van der Waals surface area (Å²) >= 11 is 1.52. The van der Waals surface area contributed by atoms with E-state index in [2.05, 4.69) is 10.3 Å². The van der Waals surface area contributed by atoms with Crippen LogP contribution in [0, 0.1) is 0 Å². The molecule has 27 heavy (non-hydrogen) atoms. The molecule has 0 unspecified atom stereocenters. The van der Waals surface area contributed by atoms with Crippen molar-refractivity contribution in [2.75, 3.05) is 19.5 Å². The zero-order chi connectivity index (χ0) is 18.8. The molecule has 0 fully saturated rings. The second-order valence-electron chi connectivity index (χ2n) is 5.67. The van der Waals surface area contributed by atoms with Crippen LogP contribution in [0.5, 0.6) is 11.5 Å². The summed E-state index contributed by atoms with van der Waals surface area (Å²) in [6.45, 7) is 0. The number of anilines is 1. The Morgan fingerprint density at radius 1 is 1.04 bits per heavy atom. The number of furan rings is 1. The maximum Gasteiger partial charge on any atom is 0.291 e. The highest BCUT2D eigenvalue weighted by molar-refractivity contribution is 7.21. The third-order valence-electron chi connectivity index (χ3n) is 3.98. The largest absolute Gasteiger partial charge is 0.493 e. The summed E-state index contributed by atoms with van der Waals surface area (Å²) in [6.07, 6.45) is 0. The second-order valence-corrected chi connectivity index (χ2v) is 6.71. The van der Waals surface area contributed by atoms with E-state index in [1.165, 1.54) is 11.3 Å². The molecule has 0 aliphatic heterocycles. The Balaban J connectivity index is 1.55. The Hall–Kier alpha value is -3.32. The van der Waals surface area contributed by atoms with Crippen molar-refractivity contribution < 1.29 is 18.7 Å². The van der Waals surface area contributed by atoms with E-state index in [1.54, 1.807) is 44.6 Å². The van der Waals surface area contributed by atoms with Gasteiger partial charge in [-0.2, -0.15) is 0 Å². The maximum absolute atomic E-state index is 12.5. The van der Waals surface area contributed by atoms with Crippen molar-refractivity contribution in [3.63, 3.8) is 0 Å². The summed E-state index contributed by atoms with van der Waals surface area (Å²) in [5, 5.41) is 3.53. The number of hydrogen-bond acceptors (Lipinski definition) is 6. The number of nitrogens with one attached hydrogen (secondary N) is 1. The first-order chi connectivity index (χ1) is 13.2. The van der Waals surface area contributed by atoms with E-state index >= 15 is 0 Å². The number of para-hydroxylation sites is 1. The van der Waals surface area contributed by atoms with Crippen LogP contribution in [0.4, 0.5) is 5.69 Å². The lowest BCUT2D eigenvalue weighted by Gasteiger charge is -2.09. The van der Waals surface area contributed by atoms with Crippen molar-refractivity contribution in [3.05, 3.63) is 60.4 Å². The van der Waals surface area contributed by atoms with Gasteiger partial charge in [0.15, 0.2) is 28.0 Å². The number of benzene rings is 2. The smallest absolute Gasteiger partial charge is 0.291 e. The summed E-state index contributed by atoms with van der Waals surface area (Å²) in [5.74, 6) is 1.54. The molecule has 6 nitrogen and oxygen atoms in total. The molecule has 0 spiro atoms. The number of aromatic nitrogens is 1. The van der Waals surface area contributed by atoms with Crippen molar-refractivity contribution in [2.24, 2.45) is 0 Å².